The van der Waals surface area contributed by atoms with Gasteiger partial charge in [-0.3, -0.25) is 0 Å². The number of benzene rings is 2. The number of carbonyl (C=O) groups excluding carboxylic acids is 1. The average Bonchev–Trinajstić information content (AvgIpc) is 2.91. The van der Waals surface area contributed by atoms with Crippen LogP contribution in [0.15, 0.2) is 53.4 Å². The van der Waals surface area contributed by atoms with Gasteiger partial charge >= 0.3 is 5.97 Å². The summed E-state index contributed by atoms with van der Waals surface area (Å²) < 4.78 is 6.78. The second-order valence-electron chi connectivity index (χ2n) is 4.26. The summed E-state index contributed by atoms with van der Waals surface area (Å²) in [6.07, 6.45) is 0. The molecule has 3 rings (SSSR count). The van der Waals surface area contributed by atoms with Crippen molar-refractivity contribution in [1.29, 1.82) is 0 Å². The molecule has 0 aliphatic carbocycles. The van der Waals surface area contributed by atoms with Gasteiger partial charge in [0, 0.05) is 16.8 Å². The first kappa shape index (κ1) is 13.6. The molecule has 0 saturated carbocycles. The van der Waals surface area contributed by atoms with Gasteiger partial charge in [0.1, 0.15) is 11.0 Å². The van der Waals surface area contributed by atoms with Gasteiger partial charge in [0.05, 0.1) is 12.2 Å². The highest BCUT2D eigenvalue weighted by Gasteiger charge is 2.14. The average molecular weight is 299 g/mol. The number of para-hydroxylation sites is 1. The van der Waals surface area contributed by atoms with Crippen LogP contribution in [0.4, 0.5) is 0 Å². The van der Waals surface area contributed by atoms with E-state index in [1.54, 1.807) is 17.1 Å². The van der Waals surface area contributed by atoms with Crippen molar-refractivity contribution < 1.29 is 9.53 Å². The van der Waals surface area contributed by atoms with Gasteiger partial charge in [0.15, 0.2) is 0 Å². The Morgan fingerprint density at radius 1 is 1.19 bits per heavy atom. The molecule has 5 nitrogen and oxygen atoms in total. The molecule has 1 heterocycles. The van der Waals surface area contributed by atoms with Crippen LogP contribution in [-0.4, -0.2) is 27.0 Å². The lowest BCUT2D eigenvalue weighted by Gasteiger charge is -2.07. The fraction of sp³-hybridized carbons (Fsp3) is 0.133. The molecule has 21 heavy (non-hydrogen) atoms. The summed E-state index contributed by atoms with van der Waals surface area (Å²) in [5, 5.41) is 8.22. The Morgan fingerprint density at radius 2 is 1.95 bits per heavy atom. The van der Waals surface area contributed by atoms with Gasteiger partial charge in [0.2, 0.25) is 0 Å². The molecule has 0 bridgehead atoms. The molecule has 0 fully saturated rings. The number of nitrogens with zero attached hydrogens (tertiary/aromatic N) is 3. The topological polar surface area (TPSA) is 57.0 Å². The van der Waals surface area contributed by atoms with Gasteiger partial charge in [-0.25, -0.2) is 4.79 Å². The number of fused-ring (bicyclic) bond motifs is 1. The summed E-state index contributed by atoms with van der Waals surface area (Å²) >= 11 is 1.35. The van der Waals surface area contributed by atoms with E-state index in [4.69, 9.17) is 4.74 Å². The van der Waals surface area contributed by atoms with Crippen molar-refractivity contribution in [1.82, 2.24) is 14.4 Å². The van der Waals surface area contributed by atoms with E-state index >= 15 is 0 Å². The molecule has 0 aliphatic rings. The maximum absolute atomic E-state index is 12.0. The standard InChI is InChI=1S/C15H13N3O2S/c1-2-20-15(19)11-7-3-6-10-14(11)21-18-13-9-5-4-8-12(13)16-17-18/h3-10H,2H2,1H3. The predicted octanol–water partition coefficient (Wildman–Crippen LogP) is 3.16. The number of ether oxygens (including phenoxy) is 1. The molecule has 106 valence electrons. The van der Waals surface area contributed by atoms with E-state index in [1.807, 2.05) is 42.5 Å². The molecule has 3 aromatic rings. The number of hydrogen-bond donors (Lipinski definition) is 0. The van der Waals surface area contributed by atoms with Crippen molar-refractivity contribution in [2.45, 2.75) is 11.8 Å². The monoisotopic (exact) mass is 299 g/mol. The number of rotatable bonds is 4. The predicted molar refractivity (Wildman–Crippen MR) is 81.2 cm³/mol. The third-order valence-electron chi connectivity index (χ3n) is 2.89. The normalized spacial score (nSPS) is 10.7. The minimum Gasteiger partial charge on any atom is -0.462 e. The number of carbonyl (C=O) groups is 1. The first-order valence-corrected chi connectivity index (χ1v) is 7.32. The molecule has 0 amide bonds. The molecule has 2 aromatic carbocycles. The molecule has 0 radical (unpaired) electrons. The Labute approximate surface area is 126 Å². The number of hydrogen-bond acceptors (Lipinski definition) is 5. The Bertz CT molecular complexity index is 785. The summed E-state index contributed by atoms with van der Waals surface area (Å²) in [7, 11) is 0. The Kier molecular flexibility index (Phi) is 3.87. The van der Waals surface area contributed by atoms with E-state index < -0.39 is 0 Å². The Hall–Kier alpha value is -2.34. The summed E-state index contributed by atoms with van der Waals surface area (Å²) in [6.45, 7) is 2.14. The molecular weight excluding hydrogens is 286 g/mol. The third-order valence-corrected chi connectivity index (χ3v) is 3.88. The summed E-state index contributed by atoms with van der Waals surface area (Å²) in [5.74, 6) is -0.329. The van der Waals surface area contributed by atoms with Crippen LogP contribution in [0.5, 0.6) is 0 Å². The van der Waals surface area contributed by atoms with E-state index in [2.05, 4.69) is 10.3 Å². The molecular formula is C15H13N3O2S. The van der Waals surface area contributed by atoms with Crippen LogP contribution in [0.3, 0.4) is 0 Å². The lowest BCUT2D eigenvalue weighted by Crippen LogP contribution is -2.06. The van der Waals surface area contributed by atoms with E-state index in [0.29, 0.717) is 12.2 Å². The zero-order valence-electron chi connectivity index (χ0n) is 11.4. The van der Waals surface area contributed by atoms with E-state index in [-0.39, 0.29) is 5.97 Å². The van der Waals surface area contributed by atoms with E-state index in [9.17, 15) is 4.79 Å². The first-order chi connectivity index (χ1) is 10.3. The second-order valence-corrected chi connectivity index (χ2v) is 5.23. The quantitative estimate of drug-likeness (QED) is 0.693. The summed E-state index contributed by atoms with van der Waals surface area (Å²) in [5.41, 5.74) is 2.25. The van der Waals surface area contributed by atoms with Crippen molar-refractivity contribution in [3.63, 3.8) is 0 Å². The van der Waals surface area contributed by atoms with Gasteiger partial charge in [0.25, 0.3) is 0 Å². The molecule has 0 atom stereocenters. The van der Waals surface area contributed by atoms with E-state index in [0.717, 1.165) is 15.9 Å². The summed E-state index contributed by atoms with van der Waals surface area (Å²) in [4.78, 5) is 12.8. The lowest BCUT2D eigenvalue weighted by molar-refractivity contribution is 0.0522. The zero-order chi connectivity index (χ0) is 14.7. The lowest BCUT2D eigenvalue weighted by atomic mass is 10.2. The first-order valence-electron chi connectivity index (χ1n) is 6.54. The second kappa shape index (κ2) is 5.97. The number of aromatic nitrogens is 3. The van der Waals surface area contributed by atoms with E-state index in [1.165, 1.54) is 11.9 Å². The molecule has 0 N–H and O–H groups in total. The number of esters is 1. The minimum absolute atomic E-state index is 0.329. The van der Waals surface area contributed by atoms with Crippen LogP contribution in [0.1, 0.15) is 17.3 Å². The highest BCUT2D eigenvalue weighted by molar-refractivity contribution is 7.98. The third kappa shape index (κ3) is 2.75. The van der Waals surface area contributed by atoms with Crippen molar-refractivity contribution in [2.75, 3.05) is 6.61 Å². The zero-order valence-corrected chi connectivity index (χ0v) is 12.2. The van der Waals surface area contributed by atoms with Gasteiger partial charge < -0.3 is 4.74 Å². The fourth-order valence-electron chi connectivity index (χ4n) is 1.93. The van der Waals surface area contributed by atoms with Crippen LogP contribution in [0, 0.1) is 0 Å². The van der Waals surface area contributed by atoms with Gasteiger partial charge in [-0.15, -0.1) is 5.10 Å². The maximum Gasteiger partial charge on any atom is 0.339 e. The minimum atomic E-state index is -0.329. The van der Waals surface area contributed by atoms with Crippen LogP contribution in [0.2, 0.25) is 0 Å². The smallest absolute Gasteiger partial charge is 0.339 e. The van der Waals surface area contributed by atoms with Crippen molar-refractivity contribution >= 4 is 29.0 Å². The largest absolute Gasteiger partial charge is 0.462 e. The SMILES string of the molecule is CCOC(=O)c1ccccc1Sn1nnc2ccccc21. The highest BCUT2D eigenvalue weighted by atomic mass is 32.2. The molecule has 6 heteroatoms. The van der Waals surface area contributed by atoms with Crippen molar-refractivity contribution in [3.05, 3.63) is 54.1 Å². The molecule has 1 aromatic heterocycles. The van der Waals surface area contributed by atoms with Crippen LogP contribution >= 0.6 is 11.9 Å². The molecule has 0 spiro atoms. The fourth-order valence-corrected chi connectivity index (χ4v) is 2.83. The van der Waals surface area contributed by atoms with Crippen LogP contribution in [0.25, 0.3) is 11.0 Å². The van der Waals surface area contributed by atoms with Crippen molar-refractivity contribution in [2.24, 2.45) is 0 Å². The van der Waals surface area contributed by atoms with Crippen molar-refractivity contribution in [3.8, 4) is 0 Å². The molecule has 0 saturated heterocycles. The summed E-state index contributed by atoms with van der Waals surface area (Å²) in [6, 6.07) is 15.0. The highest BCUT2D eigenvalue weighted by Crippen LogP contribution is 2.27. The van der Waals surface area contributed by atoms with Gasteiger partial charge in [-0.2, -0.15) is 4.09 Å². The molecule has 0 aliphatic heterocycles. The Morgan fingerprint density at radius 3 is 2.81 bits per heavy atom. The van der Waals surface area contributed by atoms with Gasteiger partial charge in [-0.05, 0) is 31.2 Å². The van der Waals surface area contributed by atoms with Crippen LogP contribution < -0.4 is 0 Å². The maximum atomic E-state index is 12.0. The van der Waals surface area contributed by atoms with Crippen LogP contribution in [-0.2, 0) is 4.74 Å². The Balaban J connectivity index is 1.96. The molecule has 0 unspecified atom stereocenters. The van der Waals surface area contributed by atoms with Gasteiger partial charge in [-0.1, -0.05) is 29.5 Å².